The molecule has 0 saturated carbocycles. The maximum absolute atomic E-state index is 5.80. The summed E-state index contributed by atoms with van der Waals surface area (Å²) in [5, 5.41) is 2.99. The number of nitrogen functional groups attached to an aromatic ring is 1. The Labute approximate surface area is 129 Å². The van der Waals surface area contributed by atoms with Gasteiger partial charge >= 0.3 is 0 Å². The van der Waals surface area contributed by atoms with Gasteiger partial charge < -0.3 is 20.5 Å². The second-order valence-corrected chi connectivity index (χ2v) is 5.17. The van der Waals surface area contributed by atoms with Gasteiger partial charge in [0.2, 0.25) is 0 Å². The van der Waals surface area contributed by atoms with Gasteiger partial charge in [-0.05, 0) is 18.1 Å². The van der Waals surface area contributed by atoms with Crippen molar-refractivity contribution in [1.29, 1.82) is 0 Å². The number of fused-ring (bicyclic) bond motifs is 1. The monoisotopic (exact) mass is 302 g/mol. The largest absolute Gasteiger partial charge is 0.497 e. The van der Waals surface area contributed by atoms with E-state index in [9.17, 15) is 0 Å². The number of nitrogens with two attached hydrogens (primary N) is 1. The van der Waals surface area contributed by atoms with Crippen LogP contribution in [0.2, 0.25) is 0 Å². The number of hydrogen-bond acceptors (Lipinski definition) is 4. The fourth-order valence-electron chi connectivity index (χ4n) is 1.91. The van der Waals surface area contributed by atoms with E-state index in [2.05, 4.69) is 29.6 Å². The summed E-state index contributed by atoms with van der Waals surface area (Å²) in [6.45, 7) is 1.78. The lowest BCUT2D eigenvalue weighted by Gasteiger charge is -2.13. The first-order valence-corrected chi connectivity index (χ1v) is 6.85. The number of anilines is 2. The van der Waals surface area contributed by atoms with Crippen LogP contribution in [-0.2, 0) is 0 Å². The molecular formula is C16H18N2O2S. The zero-order chi connectivity index (χ0) is 15.4. The Kier molecular flexibility index (Phi) is 4.65. The molecule has 0 unspecified atom stereocenters. The summed E-state index contributed by atoms with van der Waals surface area (Å²) in [7, 11) is 3.14. The molecule has 21 heavy (non-hydrogen) atoms. The van der Waals surface area contributed by atoms with Crippen LogP contribution in [0.15, 0.2) is 36.4 Å². The second kappa shape index (κ2) is 6.45. The van der Waals surface area contributed by atoms with E-state index in [1.807, 2.05) is 0 Å². The molecule has 2 aliphatic carbocycles. The van der Waals surface area contributed by atoms with Gasteiger partial charge in [0.25, 0.3) is 0 Å². The topological polar surface area (TPSA) is 56.5 Å². The number of thiocarbonyl (C=S) groups is 1. The van der Waals surface area contributed by atoms with Crippen molar-refractivity contribution in [2.75, 3.05) is 25.3 Å². The normalized spacial score (nSPS) is 10.0. The number of hydrogen-bond donors (Lipinski definition) is 2. The van der Waals surface area contributed by atoms with E-state index in [4.69, 9.17) is 27.4 Å². The van der Waals surface area contributed by atoms with Gasteiger partial charge in [0.1, 0.15) is 5.75 Å². The summed E-state index contributed by atoms with van der Waals surface area (Å²) < 4.78 is 10.3. The van der Waals surface area contributed by atoms with Gasteiger partial charge in [-0.15, -0.1) is 0 Å². The van der Waals surface area contributed by atoms with E-state index in [-0.39, 0.29) is 0 Å². The molecule has 3 N–H and O–H groups in total. The van der Waals surface area contributed by atoms with Gasteiger partial charge in [-0.1, -0.05) is 36.5 Å². The molecule has 110 valence electrons. The molecule has 1 aromatic rings. The molecule has 0 heterocycles. The van der Waals surface area contributed by atoms with E-state index < -0.39 is 0 Å². The third kappa shape index (κ3) is 3.44. The first kappa shape index (κ1) is 15.1. The molecule has 3 rings (SSSR count). The summed E-state index contributed by atoms with van der Waals surface area (Å²) in [6, 6.07) is 12.0. The maximum atomic E-state index is 5.80. The molecule has 0 saturated heterocycles. The zero-order valence-corrected chi connectivity index (χ0v) is 13.1. The Balaban J connectivity index is 0.000000218. The van der Waals surface area contributed by atoms with Crippen LogP contribution >= 0.6 is 12.2 Å². The predicted octanol–water partition coefficient (Wildman–Crippen LogP) is 3.71. The molecule has 5 heteroatoms. The predicted molar refractivity (Wildman–Crippen MR) is 91.3 cm³/mol. The van der Waals surface area contributed by atoms with E-state index >= 15 is 0 Å². The Morgan fingerprint density at radius 2 is 1.62 bits per heavy atom. The number of ether oxygens (including phenoxy) is 2. The molecule has 4 nitrogen and oxygen atoms in total. The van der Waals surface area contributed by atoms with Gasteiger partial charge in [-0.3, -0.25) is 0 Å². The van der Waals surface area contributed by atoms with Crippen LogP contribution in [0.1, 0.15) is 6.92 Å². The van der Waals surface area contributed by atoms with E-state index in [0.29, 0.717) is 27.9 Å². The molecule has 0 atom stereocenters. The smallest absolute Gasteiger partial charge is 0.165 e. The highest BCUT2D eigenvalue weighted by molar-refractivity contribution is 7.80. The molecule has 0 spiro atoms. The zero-order valence-electron chi connectivity index (χ0n) is 12.3. The van der Waals surface area contributed by atoms with Gasteiger partial charge in [0.05, 0.1) is 30.6 Å². The first-order valence-electron chi connectivity index (χ1n) is 6.44. The van der Waals surface area contributed by atoms with Crippen molar-refractivity contribution in [3.05, 3.63) is 36.4 Å². The maximum Gasteiger partial charge on any atom is 0.165 e. The lowest BCUT2D eigenvalue weighted by Crippen LogP contribution is -2.06. The highest BCUT2D eigenvalue weighted by atomic mass is 32.1. The molecule has 0 aliphatic heterocycles. The lowest BCUT2D eigenvalue weighted by atomic mass is 9.95. The molecular weight excluding hydrogens is 284 g/mol. The number of nitrogens with one attached hydrogen (secondary N) is 1. The van der Waals surface area contributed by atoms with Crippen molar-refractivity contribution in [3.8, 4) is 22.6 Å². The lowest BCUT2D eigenvalue weighted by molar-refractivity contribution is 0.406. The fraction of sp³-hybridized carbons (Fsp3) is 0.188. The van der Waals surface area contributed by atoms with Crippen LogP contribution in [0.4, 0.5) is 11.4 Å². The minimum Gasteiger partial charge on any atom is -0.497 e. The fourth-order valence-corrected chi connectivity index (χ4v) is 2.02. The van der Waals surface area contributed by atoms with Crippen molar-refractivity contribution < 1.29 is 9.47 Å². The molecule has 2 aliphatic rings. The Hall–Kier alpha value is -2.27. The highest BCUT2D eigenvalue weighted by Gasteiger charge is 2.10. The van der Waals surface area contributed by atoms with Gasteiger partial charge in [-0.2, -0.15) is 0 Å². The van der Waals surface area contributed by atoms with Crippen molar-refractivity contribution in [1.82, 2.24) is 0 Å². The van der Waals surface area contributed by atoms with Gasteiger partial charge in [0.15, 0.2) is 5.75 Å². The second-order valence-electron chi connectivity index (χ2n) is 4.56. The SMILES string of the molecule is COc1cc(N)c(OC)c(NC(C)=S)c1.c1cc2ccc1-2. The Bertz CT molecular complexity index is 633. The van der Waals surface area contributed by atoms with E-state index in [0.717, 1.165) is 0 Å². The summed E-state index contributed by atoms with van der Waals surface area (Å²) in [6.07, 6.45) is 0. The minimum absolute atomic E-state index is 0.510. The summed E-state index contributed by atoms with van der Waals surface area (Å²) in [4.78, 5) is 0.640. The van der Waals surface area contributed by atoms with Crippen LogP contribution in [0, 0.1) is 0 Å². The van der Waals surface area contributed by atoms with Crippen LogP contribution < -0.4 is 20.5 Å². The molecule has 0 bridgehead atoms. The van der Waals surface area contributed by atoms with Crippen LogP contribution in [0.3, 0.4) is 0 Å². The number of benzene rings is 2. The number of rotatable bonds is 3. The highest BCUT2D eigenvalue weighted by Crippen LogP contribution is 2.35. The van der Waals surface area contributed by atoms with Crippen molar-refractivity contribution in [3.63, 3.8) is 0 Å². The van der Waals surface area contributed by atoms with E-state index in [1.165, 1.54) is 11.1 Å². The number of methoxy groups -OCH3 is 2. The van der Waals surface area contributed by atoms with Crippen molar-refractivity contribution >= 4 is 28.6 Å². The van der Waals surface area contributed by atoms with Crippen LogP contribution in [0.5, 0.6) is 11.5 Å². The average molecular weight is 302 g/mol. The molecule has 0 radical (unpaired) electrons. The standard InChI is InChI=1S/C10H14N2O2S.C6H4/c1-6(15)12-9-5-7(13-2)4-8(11)10(9)14-3;1-2-6-4-3-5(1)6/h4-5H,11H2,1-3H3,(H,12,15);1-4H. The minimum atomic E-state index is 0.510. The Morgan fingerprint density at radius 3 is 1.95 bits per heavy atom. The summed E-state index contributed by atoms with van der Waals surface area (Å²) in [5.74, 6) is 1.23. The molecule has 0 fully saturated rings. The van der Waals surface area contributed by atoms with Gasteiger partial charge in [-0.25, -0.2) is 0 Å². The van der Waals surface area contributed by atoms with Crippen molar-refractivity contribution in [2.24, 2.45) is 0 Å². The third-order valence-corrected chi connectivity index (χ3v) is 3.16. The first-order chi connectivity index (χ1) is 10.0. The molecule has 0 amide bonds. The molecule has 0 aromatic heterocycles. The van der Waals surface area contributed by atoms with Gasteiger partial charge in [0, 0.05) is 12.1 Å². The Morgan fingerprint density at radius 1 is 1.05 bits per heavy atom. The third-order valence-electron chi connectivity index (χ3n) is 3.06. The van der Waals surface area contributed by atoms with E-state index in [1.54, 1.807) is 33.3 Å². The quantitative estimate of drug-likeness (QED) is 0.570. The van der Waals surface area contributed by atoms with Crippen LogP contribution in [-0.4, -0.2) is 19.2 Å². The average Bonchev–Trinajstić information content (AvgIpc) is 2.42. The van der Waals surface area contributed by atoms with Crippen molar-refractivity contribution in [2.45, 2.75) is 6.92 Å². The molecule has 1 aromatic carbocycles. The van der Waals surface area contributed by atoms with Crippen LogP contribution in [0.25, 0.3) is 11.1 Å². The summed E-state index contributed by atoms with van der Waals surface area (Å²) in [5.41, 5.74) is 9.87. The summed E-state index contributed by atoms with van der Waals surface area (Å²) >= 11 is 4.96.